The van der Waals surface area contributed by atoms with Gasteiger partial charge in [0.1, 0.15) is 5.69 Å². The van der Waals surface area contributed by atoms with Crippen LogP contribution in [0.2, 0.25) is 0 Å². The fourth-order valence-electron chi connectivity index (χ4n) is 4.29. The van der Waals surface area contributed by atoms with E-state index in [9.17, 15) is 14.7 Å². The number of aromatic nitrogens is 2. The molecule has 1 saturated carbocycles. The third-order valence-corrected chi connectivity index (χ3v) is 5.91. The standard InChI is InChI=1S/C18H26N4O3/c1-20-11-15(19-12-20)16(24)21-6-4-18(5-7-21)8-14(23)10-22(17(18)25)9-13-2-3-13/h11-14,23H,2-10H2,1H3. The molecule has 1 aliphatic carbocycles. The van der Waals surface area contributed by atoms with Crippen LogP contribution >= 0.6 is 0 Å². The minimum Gasteiger partial charge on any atom is -0.391 e. The predicted octanol–water partition coefficient (Wildman–Crippen LogP) is 0.646. The largest absolute Gasteiger partial charge is 0.391 e. The SMILES string of the molecule is Cn1cnc(C(=O)N2CCC3(CC2)CC(O)CN(CC2CC2)C3=O)c1. The zero-order valence-corrected chi connectivity index (χ0v) is 14.7. The molecule has 1 unspecified atom stereocenters. The summed E-state index contributed by atoms with van der Waals surface area (Å²) in [4.78, 5) is 33.4. The van der Waals surface area contributed by atoms with Gasteiger partial charge in [0.2, 0.25) is 5.91 Å². The topological polar surface area (TPSA) is 78.7 Å². The summed E-state index contributed by atoms with van der Waals surface area (Å²) in [7, 11) is 1.84. The summed E-state index contributed by atoms with van der Waals surface area (Å²) in [6, 6.07) is 0. The molecule has 3 aliphatic rings. The maximum absolute atomic E-state index is 13.1. The van der Waals surface area contributed by atoms with Crippen LogP contribution in [-0.2, 0) is 11.8 Å². The molecular weight excluding hydrogens is 320 g/mol. The monoisotopic (exact) mass is 346 g/mol. The lowest BCUT2D eigenvalue weighted by atomic mass is 9.70. The molecule has 0 aromatic carbocycles. The van der Waals surface area contributed by atoms with Crippen molar-refractivity contribution >= 4 is 11.8 Å². The van der Waals surface area contributed by atoms with Crippen molar-refractivity contribution in [3.05, 3.63) is 18.2 Å². The van der Waals surface area contributed by atoms with Crippen molar-refractivity contribution in [1.82, 2.24) is 19.4 Å². The van der Waals surface area contributed by atoms with Crippen molar-refractivity contribution in [2.75, 3.05) is 26.2 Å². The van der Waals surface area contributed by atoms with Crippen molar-refractivity contribution in [2.45, 2.75) is 38.2 Å². The number of β-amino-alcohol motifs (C(OH)–C–C–N with tert-alkyl or cyclic N) is 1. The third-order valence-electron chi connectivity index (χ3n) is 5.91. The van der Waals surface area contributed by atoms with Crippen LogP contribution in [0.1, 0.15) is 42.6 Å². The first kappa shape index (κ1) is 16.6. The number of aliphatic hydroxyl groups excluding tert-OH is 1. The average Bonchev–Trinajstić information content (AvgIpc) is 3.30. The highest BCUT2D eigenvalue weighted by atomic mass is 16.3. The van der Waals surface area contributed by atoms with E-state index in [1.54, 1.807) is 22.0 Å². The molecular formula is C18H26N4O3. The first-order valence-corrected chi connectivity index (χ1v) is 9.21. The number of aryl methyl sites for hydroxylation is 1. The lowest BCUT2D eigenvalue weighted by molar-refractivity contribution is -0.156. The van der Waals surface area contributed by atoms with Gasteiger partial charge in [0.25, 0.3) is 5.91 Å². The molecule has 7 nitrogen and oxygen atoms in total. The Morgan fingerprint density at radius 2 is 2.08 bits per heavy atom. The van der Waals surface area contributed by atoms with Crippen molar-refractivity contribution in [3.8, 4) is 0 Å². The Bertz CT molecular complexity index is 672. The van der Waals surface area contributed by atoms with Crippen LogP contribution in [0.3, 0.4) is 0 Å². The van der Waals surface area contributed by atoms with E-state index in [2.05, 4.69) is 4.98 Å². The van der Waals surface area contributed by atoms with Gasteiger partial charge in [-0.15, -0.1) is 0 Å². The van der Waals surface area contributed by atoms with Crippen LogP contribution in [0.5, 0.6) is 0 Å². The second-order valence-electron chi connectivity index (χ2n) is 8.01. The van der Waals surface area contributed by atoms with Crippen molar-refractivity contribution < 1.29 is 14.7 Å². The molecule has 0 bridgehead atoms. The average molecular weight is 346 g/mol. The highest BCUT2D eigenvalue weighted by molar-refractivity contribution is 5.92. The molecule has 2 amide bonds. The number of amides is 2. The highest BCUT2D eigenvalue weighted by Gasteiger charge is 2.49. The van der Waals surface area contributed by atoms with Crippen molar-refractivity contribution in [2.24, 2.45) is 18.4 Å². The number of aliphatic hydroxyl groups is 1. The molecule has 1 aromatic heterocycles. The molecule has 25 heavy (non-hydrogen) atoms. The summed E-state index contributed by atoms with van der Waals surface area (Å²) in [6.07, 6.45) is 7.06. The third kappa shape index (κ3) is 3.17. The summed E-state index contributed by atoms with van der Waals surface area (Å²) in [5, 5.41) is 10.3. The van der Waals surface area contributed by atoms with Gasteiger partial charge in [-0.2, -0.15) is 0 Å². The second-order valence-corrected chi connectivity index (χ2v) is 8.01. The molecule has 0 radical (unpaired) electrons. The molecule has 2 aliphatic heterocycles. The number of carbonyl (C=O) groups excluding carboxylic acids is 2. The van der Waals surface area contributed by atoms with E-state index in [-0.39, 0.29) is 11.8 Å². The molecule has 7 heteroatoms. The minimum absolute atomic E-state index is 0.0749. The number of imidazole rings is 1. The van der Waals surface area contributed by atoms with Gasteiger partial charge in [-0.3, -0.25) is 9.59 Å². The molecule has 1 aromatic rings. The van der Waals surface area contributed by atoms with Crippen LogP contribution in [-0.4, -0.2) is 68.6 Å². The van der Waals surface area contributed by atoms with E-state index < -0.39 is 11.5 Å². The number of carbonyl (C=O) groups is 2. The summed E-state index contributed by atoms with van der Waals surface area (Å²) in [5.41, 5.74) is -0.0446. The number of rotatable bonds is 3. The maximum Gasteiger partial charge on any atom is 0.274 e. The number of nitrogens with zero attached hydrogens (tertiary/aromatic N) is 4. The summed E-state index contributed by atoms with van der Waals surface area (Å²) in [5.74, 6) is 0.737. The first-order chi connectivity index (χ1) is 12.0. The fraction of sp³-hybridized carbons (Fsp3) is 0.722. The van der Waals surface area contributed by atoms with Gasteiger partial charge in [-0.1, -0.05) is 0 Å². The molecule has 136 valence electrons. The molecule has 1 spiro atoms. The van der Waals surface area contributed by atoms with Gasteiger partial charge < -0.3 is 19.5 Å². The fourth-order valence-corrected chi connectivity index (χ4v) is 4.29. The normalized spacial score (nSPS) is 26.3. The Kier molecular flexibility index (Phi) is 4.06. The zero-order valence-electron chi connectivity index (χ0n) is 14.7. The van der Waals surface area contributed by atoms with Gasteiger partial charge in [0, 0.05) is 39.4 Å². The van der Waals surface area contributed by atoms with Crippen molar-refractivity contribution in [3.63, 3.8) is 0 Å². The Balaban J connectivity index is 1.43. The number of piperidine rings is 2. The summed E-state index contributed by atoms with van der Waals surface area (Å²) in [6.45, 7) is 2.35. The maximum atomic E-state index is 13.1. The predicted molar refractivity (Wildman–Crippen MR) is 90.7 cm³/mol. The Hall–Kier alpha value is -1.89. The molecule has 1 N–H and O–H groups in total. The molecule has 1 atom stereocenters. The molecule has 2 saturated heterocycles. The minimum atomic E-state index is -0.493. The van der Waals surface area contributed by atoms with Gasteiger partial charge in [0.05, 0.1) is 17.8 Å². The first-order valence-electron chi connectivity index (χ1n) is 9.21. The van der Waals surface area contributed by atoms with E-state index in [0.717, 1.165) is 6.54 Å². The van der Waals surface area contributed by atoms with Gasteiger partial charge in [0.15, 0.2) is 0 Å². The van der Waals surface area contributed by atoms with Gasteiger partial charge >= 0.3 is 0 Å². The van der Waals surface area contributed by atoms with E-state index in [4.69, 9.17) is 0 Å². The Morgan fingerprint density at radius 1 is 1.36 bits per heavy atom. The number of hydrogen-bond donors (Lipinski definition) is 1. The zero-order chi connectivity index (χ0) is 17.6. The van der Waals surface area contributed by atoms with Crippen LogP contribution in [0.25, 0.3) is 0 Å². The Labute approximate surface area is 147 Å². The van der Waals surface area contributed by atoms with Crippen LogP contribution in [0, 0.1) is 11.3 Å². The van der Waals surface area contributed by atoms with Crippen LogP contribution in [0.15, 0.2) is 12.5 Å². The van der Waals surface area contributed by atoms with Crippen molar-refractivity contribution in [1.29, 1.82) is 0 Å². The van der Waals surface area contributed by atoms with Crippen LogP contribution < -0.4 is 0 Å². The highest BCUT2D eigenvalue weighted by Crippen LogP contribution is 2.42. The molecule has 3 heterocycles. The van der Waals surface area contributed by atoms with E-state index in [0.29, 0.717) is 50.5 Å². The summed E-state index contributed by atoms with van der Waals surface area (Å²) >= 11 is 0. The smallest absolute Gasteiger partial charge is 0.274 e. The van der Waals surface area contributed by atoms with E-state index in [1.807, 2.05) is 11.9 Å². The summed E-state index contributed by atoms with van der Waals surface area (Å²) < 4.78 is 1.76. The van der Waals surface area contributed by atoms with E-state index in [1.165, 1.54) is 12.8 Å². The lowest BCUT2D eigenvalue weighted by Crippen LogP contribution is -2.58. The van der Waals surface area contributed by atoms with Crippen LogP contribution in [0.4, 0.5) is 0 Å². The second kappa shape index (κ2) is 6.12. The Morgan fingerprint density at radius 3 is 2.68 bits per heavy atom. The quantitative estimate of drug-likeness (QED) is 0.871. The number of likely N-dealkylation sites (tertiary alicyclic amines) is 2. The van der Waals surface area contributed by atoms with Gasteiger partial charge in [-0.05, 0) is 38.0 Å². The molecule has 3 fully saturated rings. The van der Waals surface area contributed by atoms with Gasteiger partial charge in [-0.25, -0.2) is 4.98 Å². The lowest BCUT2D eigenvalue weighted by Gasteiger charge is -2.47. The molecule has 4 rings (SSSR count). The number of hydrogen-bond acceptors (Lipinski definition) is 4. The van der Waals surface area contributed by atoms with E-state index >= 15 is 0 Å².